The lowest BCUT2D eigenvalue weighted by Crippen LogP contribution is -1.90. The molecular formula is C23H19NO. The largest absolute Gasteiger partial charge is 0.497 e. The van der Waals surface area contributed by atoms with E-state index >= 15 is 0 Å². The quantitative estimate of drug-likeness (QED) is 0.478. The smallest absolute Gasteiger partial charge is 0.118 e. The van der Waals surface area contributed by atoms with Crippen LogP contribution in [0.15, 0.2) is 91.0 Å². The highest BCUT2D eigenvalue weighted by atomic mass is 16.5. The molecule has 0 bridgehead atoms. The van der Waals surface area contributed by atoms with Gasteiger partial charge in [0.25, 0.3) is 0 Å². The van der Waals surface area contributed by atoms with E-state index in [1.54, 1.807) is 7.11 Å². The fourth-order valence-corrected chi connectivity index (χ4v) is 2.96. The number of ether oxygens (including phenoxy) is 1. The SMILES string of the molecule is COc1ccc(-c2ccc(Nc3ccc4ccccc4c3)cc2)cc1. The zero-order valence-corrected chi connectivity index (χ0v) is 14.1. The summed E-state index contributed by atoms with van der Waals surface area (Å²) in [6, 6.07) is 31.4. The summed E-state index contributed by atoms with van der Waals surface area (Å²) in [7, 11) is 1.68. The van der Waals surface area contributed by atoms with Crippen LogP contribution in [0.2, 0.25) is 0 Å². The molecule has 0 fully saturated rings. The summed E-state index contributed by atoms with van der Waals surface area (Å²) in [4.78, 5) is 0. The van der Waals surface area contributed by atoms with E-state index in [1.165, 1.54) is 21.9 Å². The minimum atomic E-state index is 0.873. The average Bonchev–Trinajstić information content (AvgIpc) is 2.69. The van der Waals surface area contributed by atoms with Gasteiger partial charge < -0.3 is 10.1 Å². The van der Waals surface area contributed by atoms with Crippen molar-refractivity contribution in [2.24, 2.45) is 0 Å². The molecule has 0 aromatic heterocycles. The van der Waals surface area contributed by atoms with Crippen LogP contribution in [0.3, 0.4) is 0 Å². The van der Waals surface area contributed by atoms with E-state index in [-0.39, 0.29) is 0 Å². The van der Waals surface area contributed by atoms with E-state index in [4.69, 9.17) is 4.74 Å². The number of hydrogen-bond acceptors (Lipinski definition) is 2. The summed E-state index contributed by atoms with van der Waals surface area (Å²) >= 11 is 0. The van der Waals surface area contributed by atoms with Crippen molar-refractivity contribution in [2.75, 3.05) is 12.4 Å². The molecule has 4 aromatic carbocycles. The third kappa shape index (κ3) is 3.33. The van der Waals surface area contributed by atoms with Crippen LogP contribution in [-0.4, -0.2) is 7.11 Å². The molecule has 122 valence electrons. The minimum Gasteiger partial charge on any atom is -0.497 e. The van der Waals surface area contributed by atoms with Gasteiger partial charge in [-0.15, -0.1) is 0 Å². The molecule has 2 nitrogen and oxygen atoms in total. The van der Waals surface area contributed by atoms with Gasteiger partial charge in [0, 0.05) is 11.4 Å². The van der Waals surface area contributed by atoms with E-state index in [2.05, 4.69) is 84.2 Å². The number of benzene rings is 4. The molecule has 25 heavy (non-hydrogen) atoms. The Morgan fingerprint density at radius 2 is 1.20 bits per heavy atom. The highest BCUT2D eigenvalue weighted by Gasteiger charge is 2.01. The first kappa shape index (κ1) is 15.3. The van der Waals surface area contributed by atoms with Gasteiger partial charge in [-0.2, -0.15) is 0 Å². The zero-order valence-electron chi connectivity index (χ0n) is 14.1. The summed E-state index contributed by atoms with van der Waals surface area (Å²) in [5, 5.41) is 5.96. The molecule has 0 saturated heterocycles. The molecule has 2 heteroatoms. The Morgan fingerprint density at radius 1 is 0.600 bits per heavy atom. The molecule has 0 aliphatic heterocycles. The molecular weight excluding hydrogens is 306 g/mol. The lowest BCUT2D eigenvalue weighted by Gasteiger charge is -2.09. The first-order valence-electron chi connectivity index (χ1n) is 8.32. The van der Waals surface area contributed by atoms with Crippen LogP contribution in [0.5, 0.6) is 5.75 Å². The van der Waals surface area contributed by atoms with Crippen molar-refractivity contribution < 1.29 is 4.74 Å². The summed E-state index contributed by atoms with van der Waals surface area (Å²) < 4.78 is 5.21. The van der Waals surface area contributed by atoms with Gasteiger partial charge in [0.2, 0.25) is 0 Å². The normalized spacial score (nSPS) is 10.6. The predicted octanol–water partition coefficient (Wildman–Crippen LogP) is 6.26. The topological polar surface area (TPSA) is 21.3 Å². The van der Waals surface area contributed by atoms with Crippen LogP contribution >= 0.6 is 0 Å². The standard InChI is InChI=1S/C23H19NO/c1-25-23-14-9-19(10-15-23)18-6-11-21(12-7-18)24-22-13-8-17-4-2-3-5-20(17)16-22/h2-16,24H,1H3. The lowest BCUT2D eigenvalue weighted by atomic mass is 10.1. The summed E-state index contributed by atoms with van der Waals surface area (Å²) in [6.45, 7) is 0. The van der Waals surface area contributed by atoms with Gasteiger partial charge in [0.1, 0.15) is 5.75 Å². The monoisotopic (exact) mass is 325 g/mol. The number of fused-ring (bicyclic) bond motifs is 1. The highest BCUT2D eigenvalue weighted by Crippen LogP contribution is 2.26. The second kappa shape index (κ2) is 6.70. The van der Waals surface area contributed by atoms with Gasteiger partial charge in [0.05, 0.1) is 7.11 Å². The lowest BCUT2D eigenvalue weighted by molar-refractivity contribution is 0.415. The van der Waals surface area contributed by atoms with E-state index in [0.717, 1.165) is 17.1 Å². The maximum absolute atomic E-state index is 5.21. The van der Waals surface area contributed by atoms with Gasteiger partial charge in [0.15, 0.2) is 0 Å². The minimum absolute atomic E-state index is 0.873. The maximum Gasteiger partial charge on any atom is 0.118 e. The van der Waals surface area contributed by atoms with E-state index in [0.29, 0.717) is 0 Å². The van der Waals surface area contributed by atoms with Crippen molar-refractivity contribution in [1.29, 1.82) is 0 Å². The van der Waals surface area contributed by atoms with Crippen LogP contribution in [0.1, 0.15) is 0 Å². The van der Waals surface area contributed by atoms with Crippen molar-refractivity contribution in [3.8, 4) is 16.9 Å². The number of rotatable bonds is 4. The molecule has 0 radical (unpaired) electrons. The van der Waals surface area contributed by atoms with Gasteiger partial charge in [-0.05, 0) is 58.3 Å². The molecule has 4 aromatic rings. The molecule has 0 aliphatic rings. The molecule has 0 heterocycles. The molecule has 0 spiro atoms. The van der Waals surface area contributed by atoms with E-state index < -0.39 is 0 Å². The zero-order chi connectivity index (χ0) is 17.1. The number of anilines is 2. The fraction of sp³-hybridized carbons (Fsp3) is 0.0435. The number of hydrogen-bond donors (Lipinski definition) is 1. The van der Waals surface area contributed by atoms with Gasteiger partial charge >= 0.3 is 0 Å². The van der Waals surface area contributed by atoms with Gasteiger partial charge in [-0.25, -0.2) is 0 Å². The second-order valence-electron chi connectivity index (χ2n) is 5.99. The fourth-order valence-electron chi connectivity index (χ4n) is 2.96. The maximum atomic E-state index is 5.21. The molecule has 0 unspecified atom stereocenters. The van der Waals surface area contributed by atoms with Crippen molar-refractivity contribution in [1.82, 2.24) is 0 Å². The van der Waals surface area contributed by atoms with Crippen LogP contribution in [-0.2, 0) is 0 Å². The summed E-state index contributed by atoms with van der Waals surface area (Å²) in [5.74, 6) is 0.873. The Morgan fingerprint density at radius 3 is 1.88 bits per heavy atom. The predicted molar refractivity (Wildman–Crippen MR) is 106 cm³/mol. The highest BCUT2D eigenvalue weighted by molar-refractivity contribution is 5.86. The molecule has 1 N–H and O–H groups in total. The van der Waals surface area contributed by atoms with Crippen molar-refractivity contribution in [3.05, 3.63) is 91.0 Å². The van der Waals surface area contributed by atoms with E-state index in [9.17, 15) is 0 Å². The Hall–Kier alpha value is -3.26. The third-order valence-corrected chi connectivity index (χ3v) is 4.35. The third-order valence-electron chi connectivity index (χ3n) is 4.35. The Bertz CT molecular complexity index is 988. The summed E-state index contributed by atoms with van der Waals surface area (Å²) in [5.41, 5.74) is 4.54. The number of methoxy groups -OCH3 is 1. The second-order valence-corrected chi connectivity index (χ2v) is 5.99. The van der Waals surface area contributed by atoms with Crippen LogP contribution in [0.25, 0.3) is 21.9 Å². The van der Waals surface area contributed by atoms with Crippen LogP contribution in [0, 0.1) is 0 Å². The van der Waals surface area contributed by atoms with Crippen molar-refractivity contribution in [2.45, 2.75) is 0 Å². The Balaban J connectivity index is 1.54. The van der Waals surface area contributed by atoms with Crippen molar-refractivity contribution in [3.63, 3.8) is 0 Å². The molecule has 0 amide bonds. The number of nitrogens with one attached hydrogen (secondary N) is 1. The van der Waals surface area contributed by atoms with Gasteiger partial charge in [-0.3, -0.25) is 0 Å². The molecule has 0 aliphatic carbocycles. The molecule has 0 saturated carbocycles. The van der Waals surface area contributed by atoms with E-state index in [1.807, 2.05) is 12.1 Å². The Kier molecular flexibility index (Phi) is 4.09. The average molecular weight is 325 g/mol. The molecule has 4 rings (SSSR count). The summed E-state index contributed by atoms with van der Waals surface area (Å²) in [6.07, 6.45) is 0. The van der Waals surface area contributed by atoms with Gasteiger partial charge in [-0.1, -0.05) is 54.6 Å². The van der Waals surface area contributed by atoms with Crippen molar-refractivity contribution >= 4 is 22.1 Å². The molecule has 0 atom stereocenters. The van der Waals surface area contributed by atoms with Crippen LogP contribution in [0.4, 0.5) is 11.4 Å². The Labute approximate surface area is 147 Å². The first-order valence-corrected chi connectivity index (χ1v) is 8.32. The first-order chi connectivity index (χ1) is 12.3. The van der Waals surface area contributed by atoms with Crippen LogP contribution < -0.4 is 10.1 Å².